The van der Waals surface area contributed by atoms with Crippen molar-refractivity contribution in [2.75, 3.05) is 0 Å². The van der Waals surface area contributed by atoms with Crippen LogP contribution in [0.15, 0.2) is 0 Å². The molecule has 0 bridgehead atoms. The first-order valence-corrected chi connectivity index (χ1v) is 6.77. The van der Waals surface area contributed by atoms with Gasteiger partial charge in [0, 0.05) is 12.8 Å². The van der Waals surface area contributed by atoms with Crippen molar-refractivity contribution < 1.29 is 78.0 Å². The van der Waals surface area contributed by atoms with E-state index in [1.165, 1.54) is 0 Å². The monoisotopic (exact) mass is 482 g/mol. The van der Waals surface area contributed by atoms with Crippen molar-refractivity contribution in [1.82, 2.24) is 19.9 Å². The van der Waals surface area contributed by atoms with E-state index >= 15 is 0 Å². The predicted molar refractivity (Wildman–Crippen MR) is 88.8 cm³/mol. The molecule has 2 aromatic heterocycles. The number of H-pyrrole nitrogens is 2. The third-order valence-corrected chi connectivity index (χ3v) is 3.15. The van der Waals surface area contributed by atoms with Crippen LogP contribution in [0.4, 0.5) is 0 Å². The van der Waals surface area contributed by atoms with Crippen LogP contribution in [0.5, 0.6) is 0 Å². The van der Waals surface area contributed by atoms with E-state index in [2.05, 4.69) is 19.9 Å². The molecule has 30 heavy (non-hydrogen) atoms. The molecule has 16 nitrogen and oxygen atoms in total. The first kappa shape index (κ1) is 34.2. The average Bonchev–Trinajstić information content (AvgIpc) is 3.11. The van der Waals surface area contributed by atoms with Crippen LogP contribution in [-0.2, 0) is 40.3 Å². The van der Waals surface area contributed by atoms with Crippen LogP contribution in [0, 0.1) is 0 Å². The van der Waals surface area contributed by atoms with E-state index in [0.29, 0.717) is 0 Å². The van der Waals surface area contributed by atoms with Crippen molar-refractivity contribution in [2.45, 2.75) is 19.3 Å². The molecule has 0 aliphatic rings. The Hall–Kier alpha value is -3.37. The summed E-state index contributed by atoms with van der Waals surface area (Å²) in [5, 5.41) is 39.4. The molecule has 0 atom stereocenters. The number of carboxylic acid groups (broad SMARTS) is 4. The smallest absolute Gasteiger partial charge is 0.543 e. The number of carbonyl (C=O) groups is 4. The number of hydrogen-bond donors (Lipinski definition) is 4. The molecule has 2 heterocycles. The van der Waals surface area contributed by atoms with Gasteiger partial charge < -0.3 is 61.9 Å². The van der Waals surface area contributed by atoms with Crippen LogP contribution in [-0.4, -0.2) is 65.0 Å². The third-order valence-electron chi connectivity index (χ3n) is 3.15. The van der Waals surface area contributed by atoms with Gasteiger partial charge in [-0.3, -0.25) is 0 Å². The van der Waals surface area contributed by atoms with Crippen LogP contribution >= 0.6 is 0 Å². The number of aryl methyl sites for hydroxylation is 2. The number of aromatic carboxylic acids is 4. The van der Waals surface area contributed by atoms with Gasteiger partial charge in [-0.25, -0.2) is 19.6 Å². The molecule has 0 radical (unpaired) electrons. The fourth-order valence-electron chi connectivity index (χ4n) is 2.11. The molecule has 0 aliphatic heterocycles. The topological polar surface area (TPSA) is 341 Å². The van der Waals surface area contributed by atoms with E-state index in [-0.39, 0.29) is 69.3 Å². The number of carbonyl (C=O) groups excluding carboxylic acids is 2. The number of aromatic nitrogens is 4. The van der Waals surface area contributed by atoms with Crippen LogP contribution in [0.2, 0.25) is 0 Å². The maximum absolute atomic E-state index is 10.9. The van der Waals surface area contributed by atoms with E-state index in [1.807, 2.05) is 0 Å². The van der Waals surface area contributed by atoms with Gasteiger partial charge in [0.2, 0.25) is 0 Å². The maximum Gasteiger partial charge on any atom is 2.00 e. The fourth-order valence-corrected chi connectivity index (χ4v) is 2.11. The summed E-state index contributed by atoms with van der Waals surface area (Å²) in [6.45, 7) is 0. The summed E-state index contributed by atoms with van der Waals surface area (Å²) in [5.74, 6) is -6.35. The molecule has 0 amide bonds. The molecule has 14 N–H and O–H groups in total. The summed E-state index contributed by atoms with van der Waals surface area (Å²) >= 11 is 0. The molecule has 2 aromatic rings. The second-order valence-corrected chi connectivity index (χ2v) is 4.85. The largest absolute Gasteiger partial charge is 2.00 e. The van der Waals surface area contributed by atoms with Gasteiger partial charge in [0.15, 0.2) is 11.4 Å². The Morgan fingerprint density at radius 3 is 1.27 bits per heavy atom. The second-order valence-electron chi connectivity index (χ2n) is 4.85. The Kier molecular flexibility index (Phi) is 15.7. The van der Waals surface area contributed by atoms with Gasteiger partial charge in [-0.05, 0) is 6.42 Å². The minimum Gasteiger partial charge on any atom is -0.543 e. The first-order valence-electron chi connectivity index (χ1n) is 6.77. The van der Waals surface area contributed by atoms with Gasteiger partial charge in [-0.2, -0.15) is 0 Å². The normalized spacial score (nSPS) is 8.80. The number of nitrogens with zero attached hydrogens (tertiary/aromatic N) is 2. The second kappa shape index (κ2) is 13.8. The standard InChI is InChI=1S/C13H12N4O8.Ni.4H2O/c18-10(19)6-7(11(20)21)15-4(14-6)2-1-3-5-16-8(12(22)23)9(17-5)13(24)25;;;;;/h1-3H2,(H,14,15)(H,16,17)(H,18,19)(H,20,21)(H,22,23)(H,24,25);;4*1H2/q;+2;;;;. The van der Waals surface area contributed by atoms with Gasteiger partial charge in [0.05, 0.1) is 11.9 Å². The first-order chi connectivity index (χ1) is 11.7. The number of nitrogens with one attached hydrogen (secondary N) is 2. The molecule has 172 valence electrons. The van der Waals surface area contributed by atoms with Crippen LogP contribution in [0.1, 0.15) is 60.0 Å². The van der Waals surface area contributed by atoms with E-state index in [0.717, 1.165) is 0 Å². The maximum atomic E-state index is 10.9. The number of rotatable bonds is 8. The summed E-state index contributed by atoms with van der Waals surface area (Å²) in [5.41, 5.74) is -2.68. The van der Waals surface area contributed by atoms with Crippen LogP contribution in [0.25, 0.3) is 0 Å². The average molecular weight is 483 g/mol. The quantitative estimate of drug-likeness (QED) is 0.203. The van der Waals surface area contributed by atoms with E-state index in [4.69, 9.17) is 10.2 Å². The summed E-state index contributed by atoms with van der Waals surface area (Å²) < 4.78 is 0. The zero-order valence-electron chi connectivity index (χ0n) is 14.8. The molecule has 0 aromatic carbocycles. The molecule has 0 saturated heterocycles. The minimum atomic E-state index is -1.74. The zero-order chi connectivity index (χ0) is 18.7. The Morgan fingerprint density at radius 2 is 1.07 bits per heavy atom. The Labute approximate surface area is 176 Å². The van der Waals surface area contributed by atoms with Gasteiger partial charge >= 0.3 is 28.4 Å². The van der Waals surface area contributed by atoms with E-state index in [1.54, 1.807) is 0 Å². The molecule has 2 rings (SSSR count). The fraction of sp³-hybridized carbons (Fsp3) is 0.231. The molecular formula is C13H20N4NiO12+2. The molecule has 0 aliphatic carbocycles. The summed E-state index contributed by atoms with van der Waals surface area (Å²) in [6.07, 6.45) is 0.465. The SMILES string of the molecule is O.O.O=C([O-])c1nc(CCCc2nc(C(=O)[O-])c(C(=O)O)[nH]2)[nH]c1C(=O)O.[Ni+2].[OH3+].[OH3+]. The van der Waals surface area contributed by atoms with Crippen LogP contribution < -0.4 is 10.2 Å². The van der Waals surface area contributed by atoms with Crippen molar-refractivity contribution in [3.05, 3.63) is 34.4 Å². The van der Waals surface area contributed by atoms with Gasteiger partial charge in [-0.1, -0.05) is 0 Å². The van der Waals surface area contributed by atoms with Gasteiger partial charge in [0.25, 0.3) is 0 Å². The molecular weight excluding hydrogens is 463 g/mol. The van der Waals surface area contributed by atoms with Crippen molar-refractivity contribution in [3.8, 4) is 0 Å². The molecule has 0 unspecified atom stereocenters. The number of carboxylic acids is 4. The zero-order valence-corrected chi connectivity index (χ0v) is 15.8. The Bertz CT molecular complexity index is 744. The summed E-state index contributed by atoms with van der Waals surface area (Å²) in [6, 6.07) is 0. The third kappa shape index (κ3) is 7.57. The number of imidazole rings is 2. The van der Waals surface area contributed by atoms with Crippen molar-refractivity contribution in [1.29, 1.82) is 0 Å². The molecule has 0 spiro atoms. The van der Waals surface area contributed by atoms with E-state index in [9.17, 15) is 29.4 Å². The molecule has 17 heteroatoms. The van der Waals surface area contributed by atoms with Crippen LogP contribution in [0.3, 0.4) is 0 Å². The Morgan fingerprint density at radius 1 is 0.767 bits per heavy atom. The van der Waals surface area contributed by atoms with Gasteiger partial charge in [-0.15, -0.1) is 0 Å². The van der Waals surface area contributed by atoms with Crippen molar-refractivity contribution in [3.63, 3.8) is 0 Å². The summed E-state index contributed by atoms with van der Waals surface area (Å²) in [7, 11) is 0. The molecule has 0 saturated carbocycles. The van der Waals surface area contributed by atoms with Gasteiger partial charge in [0.1, 0.15) is 23.0 Å². The summed E-state index contributed by atoms with van der Waals surface area (Å²) in [4.78, 5) is 55.4. The van der Waals surface area contributed by atoms with E-state index < -0.39 is 46.7 Å². The number of aromatic amines is 2. The van der Waals surface area contributed by atoms with Crippen molar-refractivity contribution in [2.24, 2.45) is 0 Å². The minimum absolute atomic E-state index is 0. The number of hydrogen-bond acceptors (Lipinski definition) is 8. The Balaban J connectivity index is -0.000000676. The molecule has 0 fully saturated rings. The van der Waals surface area contributed by atoms with Crippen molar-refractivity contribution >= 4 is 23.9 Å². The predicted octanol–water partition coefficient (Wildman–Crippen LogP) is -6.06.